The first-order valence-electron chi connectivity index (χ1n) is 7.11. The fourth-order valence-corrected chi connectivity index (χ4v) is 3.10. The van der Waals surface area contributed by atoms with Crippen LogP contribution in [0.5, 0.6) is 0 Å². The zero-order valence-corrected chi connectivity index (χ0v) is 11.3. The van der Waals surface area contributed by atoms with Gasteiger partial charge in [-0.3, -0.25) is 4.90 Å². The number of carbonyl (C=O) groups is 1. The molecule has 4 heteroatoms. The Kier molecular flexibility index (Phi) is 3.74. The Morgan fingerprint density at radius 3 is 2.85 bits per heavy atom. The smallest absolute Gasteiger partial charge is 0.411 e. The van der Waals surface area contributed by atoms with Gasteiger partial charge in [0.25, 0.3) is 0 Å². The summed E-state index contributed by atoms with van der Waals surface area (Å²) in [5.41, 5.74) is 0.945. The van der Waals surface area contributed by atoms with Gasteiger partial charge in [-0.05, 0) is 24.8 Å². The van der Waals surface area contributed by atoms with E-state index in [-0.39, 0.29) is 30.9 Å². The van der Waals surface area contributed by atoms with Crippen molar-refractivity contribution in [2.45, 2.75) is 37.5 Å². The van der Waals surface area contributed by atoms with Gasteiger partial charge in [-0.2, -0.15) is 0 Å². The second-order valence-electron chi connectivity index (χ2n) is 5.29. The summed E-state index contributed by atoms with van der Waals surface area (Å²) in [4.78, 5) is 13.9. The number of allylic oxidation sites excluding steroid dienone is 1. The van der Waals surface area contributed by atoms with Gasteiger partial charge in [0.2, 0.25) is 0 Å². The van der Waals surface area contributed by atoms with E-state index in [1.165, 1.54) is 0 Å². The number of hydrogen-bond acceptors (Lipinski definition) is 3. The van der Waals surface area contributed by atoms with E-state index in [1.54, 1.807) is 4.90 Å². The molecule has 0 radical (unpaired) electrons. The number of ether oxygens (including phenoxy) is 1. The molecule has 1 aromatic carbocycles. The normalized spacial score (nSPS) is 26.9. The Balaban J connectivity index is 1.90. The fraction of sp³-hybridized carbons (Fsp3) is 0.438. The molecule has 3 rings (SSSR count). The maximum absolute atomic E-state index is 12.2. The molecule has 0 saturated carbocycles. The van der Waals surface area contributed by atoms with Gasteiger partial charge in [-0.25, -0.2) is 4.79 Å². The van der Waals surface area contributed by atoms with E-state index in [4.69, 9.17) is 4.74 Å². The van der Waals surface area contributed by atoms with Gasteiger partial charge in [-0.1, -0.05) is 42.5 Å². The first kappa shape index (κ1) is 13.2. The van der Waals surface area contributed by atoms with Gasteiger partial charge in [0.05, 0.1) is 18.7 Å². The third-order valence-electron chi connectivity index (χ3n) is 4.10. The van der Waals surface area contributed by atoms with E-state index in [0.717, 1.165) is 24.8 Å². The quantitative estimate of drug-likeness (QED) is 0.861. The van der Waals surface area contributed by atoms with Crippen LogP contribution in [0.1, 0.15) is 30.9 Å². The molecule has 106 valence electrons. The summed E-state index contributed by atoms with van der Waals surface area (Å²) in [6.45, 7) is -0.0912. The van der Waals surface area contributed by atoms with Crippen molar-refractivity contribution in [3.63, 3.8) is 0 Å². The van der Waals surface area contributed by atoms with Crippen LogP contribution < -0.4 is 0 Å². The number of carbonyl (C=O) groups excluding carboxylic acids is 1. The van der Waals surface area contributed by atoms with Crippen LogP contribution in [0.2, 0.25) is 0 Å². The van der Waals surface area contributed by atoms with Crippen molar-refractivity contribution in [2.75, 3.05) is 6.61 Å². The number of fused-ring (bicyclic) bond motifs is 1. The zero-order valence-electron chi connectivity index (χ0n) is 11.3. The van der Waals surface area contributed by atoms with Gasteiger partial charge in [-0.15, -0.1) is 0 Å². The highest BCUT2D eigenvalue weighted by atomic mass is 16.6. The minimum atomic E-state index is -0.329. The predicted octanol–water partition coefficient (Wildman–Crippen LogP) is 2.65. The Morgan fingerprint density at radius 2 is 2.10 bits per heavy atom. The summed E-state index contributed by atoms with van der Waals surface area (Å²) in [5.74, 6) is 0. The van der Waals surface area contributed by atoms with E-state index in [9.17, 15) is 9.90 Å². The van der Waals surface area contributed by atoms with Crippen molar-refractivity contribution >= 4 is 6.09 Å². The molecule has 2 aliphatic rings. The van der Waals surface area contributed by atoms with Crippen molar-refractivity contribution < 1.29 is 14.6 Å². The van der Waals surface area contributed by atoms with Crippen LogP contribution >= 0.6 is 0 Å². The number of hydrogen-bond donors (Lipinski definition) is 1. The van der Waals surface area contributed by atoms with Crippen LogP contribution in [0, 0.1) is 0 Å². The molecule has 0 unspecified atom stereocenters. The minimum Gasteiger partial charge on any atom is -0.444 e. The molecule has 1 aromatic rings. The van der Waals surface area contributed by atoms with Crippen molar-refractivity contribution in [3.05, 3.63) is 48.0 Å². The van der Waals surface area contributed by atoms with Crippen LogP contribution in [0.4, 0.5) is 4.79 Å². The Hall–Kier alpha value is -1.81. The summed E-state index contributed by atoms with van der Waals surface area (Å²) in [5, 5.41) is 9.75. The van der Waals surface area contributed by atoms with Crippen LogP contribution in [-0.2, 0) is 4.74 Å². The molecule has 1 aliphatic heterocycles. The van der Waals surface area contributed by atoms with Gasteiger partial charge in [0.1, 0.15) is 6.10 Å². The lowest BCUT2D eigenvalue weighted by Crippen LogP contribution is -2.40. The van der Waals surface area contributed by atoms with Gasteiger partial charge in [0, 0.05) is 0 Å². The monoisotopic (exact) mass is 273 g/mol. The Labute approximate surface area is 118 Å². The molecular formula is C16H19NO3. The number of aliphatic hydroxyl groups excluding tert-OH is 1. The van der Waals surface area contributed by atoms with Crippen LogP contribution in [0.15, 0.2) is 42.5 Å². The molecule has 1 heterocycles. The number of benzene rings is 1. The number of nitrogens with zero attached hydrogens (tertiary/aromatic N) is 1. The molecule has 3 atom stereocenters. The SMILES string of the molecule is O=C1O[C@H]2CCC=CC[C@@H]2N1[C@H](CO)c1ccccc1. The second-order valence-corrected chi connectivity index (χ2v) is 5.29. The third kappa shape index (κ3) is 2.31. The summed E-state index contributed by atoms with van der Waals surface area (Å²) in [6.07, 6.45) is 6.47. The van der Waals surface area contributed by atoms with E-state index in [2.05, 4.69) is 12.2 Å². The van der Waals surface area contributed by atoms with Crippen molar-refractivity contribution in [1.29, 1.82) is 0 Å². The Bertz CT molecular complexity index is 500. The van der Waals surface area contributed by atoms with Crippen LogP contribution in [-0.4, -0.2) is 34.9 Å². The summed E-state index contributed by atoms with van der Waals surface area (Å²) in [6, 6.07) is 9.34. The minimum absolute atomic E-state index is 0.0265. The van der Waals surface area contributed by atoms with Gasteiger partial charge >= 0.3 is 6.09 Å². The number of aliphatic hydroxyl groups is 1. The molecule has 1 amide bonds. The van der Waals surface area contributed by atoms with Crippen molar-refractivity contribution in [2.24, 2.45) is 0 Å². The molecule has 1 N–H and O–H groups in total. The Morgan fingerprint density at radius 1 is 1.30 bits per heavy atom. The van der Waals surface area contributed by atoms with Crippen molar-refractivity contribution in [1.82, 2.24) is 4.90 Å². The number of rotatable bonds is 3. The second kappa shape index (κ2) is 5.67. The zero-order chi connectivity index (χ0) is 13.9. The van der Waals surface area contributed by atoms with Gasteiger partial charge in [0.15, 0.2) is 0 Å². The standard InChI is InChI=1S/C16H19NO3/c18-11-14(12-7-3-1-4-8-12)17-13-9-5-2-6-10-15(13)20-16(17)19/h1-5,7-8,13-15,18H,6,9-11H2/t13-,14+,15-/m0/s1. The first-order valence-corrected chi connectivity index (χ1v) is 7.11. The molecule has 20 heavy (non-hydrogen) atoms. The maximum atomic E-state index is 12.2. The van der Waals surface area contributed by atoms with E-state index >= 15 is 0 Å². The van der Waals surface area contributed by atoms with Gasteiger partial charge < -0.3 is 9.84 Å². The van der Waals surface area contributed by atoms with Crippen LogP contribution in [0.3, 0.4) is 0 Å². The molecule has 1 fully saturated rings. The molecular weight excluding hydrogens is 254 g/mol. The fourth-order valence-electron chi connectivity index (χ4n) is 3.10. The van der Waals surface area contributed by atoms with E-state index < -0.39 is 0 Å². The lowest BCUT2D eigenvalue weighted by Gasteiger charge is -2.30. The average molecular weight is 273 g/mol. The predicted molar refractivity (Wildman–Crippen MR) is 75.2 cm³/mol. The highest BCUT2D eigenvalue weighted by Crippen LogP contribution is 2.35. The summed E-state index contributed by atoms with van der Waals surface area (Å²) < 4.78 is 5.50. The molecule has 1 saturated heterocycles. The highest BCUT2D eigenvalue weighted by Gasteiger charge is 2.44. The lowest BCUT2D eigenvalue weighted by molar-refractivity contribution is 0.114. The number of amides is 1. The summed E-state index contributed by atoms with van der Waals surface area (Å²) in [7, 11) is 0. The maximum Gasteiger partial charge on any atom is 0.411 e. The average Bonchev–Trinajstić information content (AvgIpc) is 2.65. The van der Waals surface area contributed by atoms with E-state index in [1.807, 2.05) is 30.3 Å². The largest absolute Gasteiger partial charge is 0.444 e. The molecule has 0 bridgehead atoms. The highest BCUT2D eigenvalue weighted by molar-refractivity contribution is 5.71. The molecule has 1 aliphatic carbocycles. The first-order chi connectivity index (χ1) is 9.81. The third-order valence-corrected chi connectivity index (χ3v) is 4.10. The topological polar surface area (TPSA) is 49.8 Å². The van der Waals surface area contributed by atoms with E-state index in [0.29, 0.717) is 0 Å². The van der Waals surface area contributed by atoms with Crippen molar-refractivity contribution in [3.8, 4) is 0 Å². The molecule has 0 spiro atoms. The lowest BCUT2D eigenvalue weighted by atomic mass is 10.0. The molecule has 4 nitrogen and oxygen atoms in total. The van der Waals surface area contributed by atoms with Crippen LogP contribution in [0.25, 0.3) is 0 Å². The molecule has 0 aromatic heterocycles. The summed E-state index contributed by atoms with van der Waals surface area (Å²) >= 11 is 0.